The van der Waals surface area contributed by atoms with E-state index in [4.69, 9.17) is 4.74 Å². The van der Waals surface area contributed by atoms with Crippen molar-refractivity contribution in [2.75, 3.05) is 26.7 Å². The topological polar surface area (TPSA) is 45.7 Å². The number of rotatable bonds is 9. The van der Waals surface area contributed by atoms with Gasteiger partial charge in [0.05, 0.1) is 19.6 Å². The molecule has 0 spiro atoms. The first-order chi connectivity index (χ1) is 15.2. The fourth-order valence-corrected chi connectivity index (χ4v) is 5.31. The van der Waals surface area contributed by atoms with E-state index < -0.39 is 0 Å². The Kier molecular flexibility index (Phi) is 7.72. The maximum absolute atomic E-state index is 12.6. The fourth-order valence-electron chi connectivity index (χ4n) is 3.94. The van der Waals surface area contributed by atoms with Gasteiger partial charge in [-0.15, -0.1) is 11.3 Å². The first-order valence-corrected chi connectivity index (χ1v) is 12.6. The second kappa shape index (κ2) is 10.9. The molecule has 1 fully saturated rings. The quantitative estimate of drug-likeness (QED) is 0.469. The van der Waals surface area contributed by atoms with Gasteiger partial charge < -0.3 is 9.64 Å². The van der Waals surface area contributed by atoms with E-state index in [0.29, 0.717) is 18.9 Å². The van der Waals surface area contributed by atoms with Gasteiger partial charge in [-0.25, -0.2) is 4.98 Å². The van der Waals surface area contributed by atoms with Crippen LogP contribution in [0.4, 0.5) is 0 Å². The number of ether oxygens (including phenoxy) is 1. The predicted molar refractivity (Wildman–Crippen MR) is 127 cm³/mol. The summed E-state index contributed by atoms with van der Waals surface area (Å²) < 4.78 is 6.07. The third-order valence-corrected chi connectivity index (χ3v) is 7.05. The van der Waals surface area contributed by atoms with Gasteiger partial charge in [-0.2, -0.15) is 11.3 Å². The van der Waals surface area contributed by atoms with Gasteiger partial charge >= 0.3 is 0 Å². The average molecular weight is 456 g/mol. The number of hydrogen-bond donors (Lipinski definition) is 0. The van der Waals surface area contributed by atoms with Crippen molar-refractivity contribution in [1.29, 1.82) is 0 Å². The fraction of sp³-hybridized carbons (Fsp3) is 0.417. The van der Waals surface area contributed by atoms with E-state index in [9.17, 15) is 4.79 Å². The third-order valence-electron chi connectivity index (χ3n) is 5.56. The molecule has 2 aromatic heterocycles. The molecule has 1 aliphatic rings. The Bertz CT molecular complexity index is 926. The largest absolute Gasteiger partial charge is 0.493 e. The maximum atomic E-state index is 12.6. The van der Waals surface area contributed by atoms with Gasteiger partial charge in [-0.1, -0.05) is 12.1 Å². The minimum atomic E-state index is 0.231. The molecule has 164 valence electrons. The Balaban J connectivity index is 1.21. The van der Waals surface area contributed by atoms with Crippen molar-refractivity contribution in [3.05, 3.63) is 68.8 Å². The number of carbonyl (C=O) groups is 1. The molecule has 3 aromatic rings. The molecule has 1 aromatic carbocycles. The number of carbonyl (C=O) groups excluding carboxylic acids is 1. The van der Waals surface area contributed by atoms with Crippen LogP contribution < -0.4 is 4.74 Å². The lowest BCUT2D eigenvalue weighted by Gasteiger charge is -2.32. The lowest BCUT2D eigenvalue weighted by atomic mass is 9.98. The van der Waals surface area contributed by atoms with Crippen molar-refractivity contribution < 1.29 is 9.53 Å². The first-order valence-electron chi connectivity index (χ1n) is 10.7. The zero-order valence-electron chi connectivity index (χ0n) is 17.9. The molecule has 1 saturated heterocycles. The van der Waals surface area contributed by atoms with Gasteiger partial charge in [-0.05, 0) is 60.0 Å². The molecule has 3 heterocycles. The minimum absolute atomic E-state index is 0.231. The highest BCUT2D eigenvalue weighted by Gasteiger charge is 2.24. The monoisotopic (exact) mass is 455 g/mol. The average Bonchev–Trinajstić information content (AvgIpc) is 3.48. The second-order valence-electron chi connectivity index (χ2n) is 8.21. The smallest absolute Gasteiger partial charge is 0.227 e. The molecule has 0 aliphatic carbocycles. The number of amides is 1. The molecule has 0 radical (unpaired) electrons. The van der Waals surface area contributed by atoms with Crippen LogP contribution in [-0.2, 0) is 24.3 Å². The van der Waals surface area contributed by atoms with Crippen LogP contribution in [0, 0.1) is 5.92 Å². The number of aromatic nitrogens is 1. The highest BCUT2D eigenvalue weighted by Crippen LogP contribution is 2.21. The Morgan fingerprint density at radius 1 is 1.19 bits per heavy atom. The highest BCUT2D eigenvalue weighted by molar-refractivity contribution is 7.09. The predicted octanol–water partition coefficient (Wildman–Crippen LogP) is 4.70. The van der Waals surface area contributed by atoms with E-state index in [2.05, 4.69) is 46.6 Å². The van der Waals surface area contributed by atoms with Gasteiger partial charge in [0.2, 0.25) is 5.91 Å². The number of piperidine rings is 1. The van der Waals surface area contributed by atoms with Crippen molar-refractivity contribution in [2.45, 2.75) is 32.4 Å². The zero-order valence-corrected chi connectivity index (χ0v) is 19.5. The van der Waals surface area contributed by atoms with Crippen LogP contribution in [0.25, 0.3) is 0 Å². The standard InChI is InChI=1S/C24H29N3O2S2/c1-26(16-23-25-9-12-31-23)14-19-4-6-22(7-5-19)29-17-21-3-2-10-27(15-21)24(28)13-20-8-11-30-18-20/h4-9,11-12,18,21H,2-3,10,13-17H2,1H3/t21-/m1/s1. The normalized spacial score (nSPS) is 16.6. The molecule has 4 rings (SSSR count). The summed E-state index contributed by atoms with van der Waals surface area (Å²) in [6.45, 7) is 4.06. The van der Waals surface area contributed by atoms with Crippen LogP contribution in [0.2, 0.25) is 0 Å². The SMILES string of the molecule is CN(Cc1ccc(OC[C@@H]2CCCN(C(=O)Cc3ccsc3)C2)cc1)Cc1nccs1. The number of thiophene rings is 1. The highest BCUT2D eigenvalue weighted by atomic mass is 32.1. The summed E-state index contributed by atoms with van der Waals surface area (Å²) in [5.74, 6) is 1.52. The molecule has 0 unspecified atom stereocenters. The van der Waals surface area contributed by atoms with E-state index in [1.54, 1.807) is 22.7 Å². The van der Waals surface area contributed by atoms with Gasteiger partial charge in [0.1, 0.15) is 10.8 Å². The van der Waals surface area contributed by atoms with Gasteiger partial charge in [0.15, 0.2) is 0 Å². The number of thiazole rings is 1. The summed E-state index contributed by atoms with van der Waals surface area (Å²) in [4.78, 5) is 21.2. The zero-order chi connectivity index (χ0) is 21.5. The Labute approximate surface area is 192 Å². The molecule has 5 nitrogen and oxygen atoms in total. The summed E-state index contributed by atoms with van der Waals surface area (Å²) >= 11 is 3.33. The second-order valence-corrected chi connectivity index (χ2v) is 9.97. The molecular weight excluding hydrogens is 426 g/mol. The molecule has 7 heteroatoms. The molecule has 1 amide bonds. The number of hydrogen-bond acceptors (Lipinski definition) is 6. The summed E-state index contributed by atoms with van der Waals surface area (Å²) in [6.07, 6.45) is 4.52. The van der Waals surface area contributed by atoms with Crippen LogP contribution in [0.3, 0.4) is 0 Å². The minimum Gasteiger partial charge on any atom is -0.493 e. The summed E-state index contributed by atoms with van der Waals surface area (Å²) in [6, 6.07) is 10.4. The summed E-state index contributed by atoms with van der Waals surface area (Å²) in [7, 11) is 2.11. The summed E-state index contributed by atoms with van der Waals surface area (Å²) in [5.41, 5.74) is 2.38. The molecular formula is C24H29N3O2S2. The van der Waals surface area contributed by atoms with Gasteiger partial charge in [0.25, 0.3) is 0 Å². The Morgan fingerprint density at radius 3 is 2.81 bits per heavy atom. The molecule has 1 aliphatic heterocycles. The van der Waals surface area contributed by atoms with E-state index in [0.717, 1.165) is 55.3 Å². The first kappa shape index (κ1) is 22.0. The van der Waals surface area contributed by atoms with E-state index in [1.165, 1.54) is 5.56 Å². The van der Waals surface area contributed by atoms with Gasteiger partial charge in [-0.3, -0.25) is 9.69 Å². The molecule has 0 saturated carbocycles. The molecule has 0 N–H and O–H groups in total. The van der Waals surface area contributed by atoms with E-state index in [-0.39, 0.29) is 5.91 Å². The van der Waals surface area contributed by atoms with Crippen molar-refractivity contribution in [3.8, 4) is 5.75 Å². The lowest BCUT2D eigenvalue weighted by Crippen LogP contribution is -2.42. The maximum Gasteiger partial charge on any atom is 0.227 e. The van der Waals surface area contributed by atoms with Crippen LogP contribution >= 0.6 is 22.7 Å². The Hall–Kier alpha value is -2.22. The lowest BCUT2D eigenvalue weighted by molar-refractivity contribution is -0.132. The molecule has 31 heavy (non-hydrogen) atoms. The van der Waals surface area contributed by atoms with Crippen molar-refractivity contribution in [3.63, 3.8) is 0 Å². The third kappa shape index (κ3) is 6.63. The van der Waals surface area contributed by atoms with Crippen molar-refractivity contribution in [2.24, 2.45) is 5.92 Å². The van der Waals surface area contributed by atoms with Crippen molar-refractivity contribution >= 4 is 28.6 Å². The van der Waals surface area contributed by atoms with Crippen molar-refractivity contribution in [1.82, 2.24) is 14.8 Å². The Morgan fingerprint density at radius 2 is 2.06 bits per heavy atom. The van der Waals surface area contributed by atoms with Crippen LogP contribution in [-0.4, -0.2) is 47.4 Å². The van der Waals surface area contributed by atoms with Crippen LogP contribution in [0.5, 0.6) is 5.75 Å². The number of likely N-dealkylation sites (tertiary alicyclic amines) is 1. The van der Waals surface area contributed by atoms with E-state index in [1.807, 2.05) is 27.9 Å². The molecule has 1 atom stereocenters. The van der Waals surface area contributed by atoms with Crippen LogP contribution in [0.1, 0.15) is 29.0 Å². The van der Waals surface area contributed by atoms with E-state index >= 15 is 0 Å². The van der Waals surface area contributed by atoms with Gasteiger partial charge in [0, 0.05) is 37.1 Å². The number of benzene rings is 1. The van der Waals surface area contributed by atoms with Crippen LogP contribution in [0.15, 0.2) is 52.7 Å². The molecule has 0 bridgehead atoms. The number of nitrogens with zero attached hydrogens (tertiary/aromatic N) is 3. The summed E-state index contributed by atoms with van der Waals surface area (Å²) in [5, 5.41) is 7.24.